The van der Waals surface area contributed by atoms with Gasteiger partial charge in [0.1, 0.15) is 0 Å². The molecule has 0 radical (unpaired) electrons. The van der Waals surface area contributed by atoms with Crippen molar-refractivity contribution in [2.75, 3.05) is 24.7 Å². The van der Waals surface area contributed by atoms with Gasteiger partial charge in [-0.1, -0.05) is 31.4 Å². The van der Waals surface area contributed by atoms with Gasteiger partial charge in [-0.3, -0.25) is 19.2 Å². The molecular weight excluding hydrogens is 420 g/mol. The summed E-state index contributed by atoms with van der Waals surface area (Å²) in [7, 11) is 3.13. The van der Waals surface area contributed by atoms with Crippen molar-refractivity contribution in [1.29, 1.82) is 0 Å². The molecule has 8 heteroatoms. The minimum Gasteiger partial charge on any atom is -0.355 e. The minimum atomic E-state index is -0.197. The van der Waals surface area contributed by atoms with Crippen molar-refractivity contribution >= 4 is 35.0 Å². The molecule has 0 aromatic heterocycles. The maximum atomic E-state index is 12.1. The summed E-state index contributed by atoms with van der Waals surface area (Å²) in [4.78, 5) is 47.6. The molecule has 2 aromatic rings. The van der Waals surface area contributed by atoms with Gasteiger partial charge in [-0.25, -0.2) is 0 Å². The molecule has 176 valence electrons. The first kappa shape index (κ1) is 25.6. The molecule has 8 nitrogen and oxygen atoms in total. The molecule has 4 N–H and O–H groups in total. The fourth-order valence-electron chi connectivity index (χ4n) is 3.31. The van der Waals surface area contributed by atoms with E-state index in [0.29, 0.717) is 35.3 Å². The van der Waals surface area contributed by atoms with Gasteiger partial charge >= 0.3 is 0 Å². The number of carbonyl (C=O) groups is 4. The van der Waals surface area contributed by atoms with Crippen LogP contribution in [0, 0.1) is 0 Å². The molecule has 0 aliphatic heterocycles. The van der Waals surface area contributed by atoms with Crippen LogP contribution < -0.4 is 21.3 Å². The molecule has 0 unspecified atom stereocenters. The zero-order chi connectivity index (χ0) is 24.1. The van der Waals surface area contributed by atoms with E-state index in [0.717, 1.165) is 32.1 Å². The highest BCUT2D eigenvalue weighted by Gasteiger charge is 2.08. The zero-order valence-electron chi connectivity index (χ0n) is 19.2. The lowest BCUT2D eigenvalue weighted by molar-refractivity contribution is -0.117. The second-order valence-corrected chi connectivity index (χ2v) is 7.68. The maximum absolute atomic E-state index is 12.1. The Morgan fingerprint density at radius 2 is 1.00 bits per heavy atom. The van der Waals surface area contributed by atoms with E-state index < -0.39 is 0 Å². The lowest BCUT2D eigenvalue weighted by Crippen LogP contribution is -2.18. The largest absolute Gasteiger partial charge is 0.355 e. The molecule has 0 bridgehead atoms. The van der Waals surface area contributed by atoms with E-state index >= 15 is 0 Å². The van der Waals surface area contributed by atoms with Crippen LogP contribution in [0.15, 0.2) is 48.5 Å². The second-order valence-electron chi connectivity index (χ2n) is 7.68. The standard InChI is InChI=1S/C25H32N4O4/c1-26-24(32)18-10-8-12-20(16-18)28-22(30)14-6-4-3-5-7-15-23(31)29-21-13-9-11-19(17-21)25(33)27-2/h8-13,16-17H,3-7,14-15H2,1-2H3,(H,26,32)(H,27,33)(H,28,30)(H,29,31). The normalized spacial score (nSPS) is 10.2. The number of rotatable bonds is 12. The Labute approximate surface area is 194 Å². The summed E-state index contributed by atoms with van der Waals surface area (Å²) < 4.78 is 0. The lowest BCUT2D eigenvalue weighted by Gasteiger charge is -2.08. The minimum absolute atomic E-state index is 0.0811. The van der Waals surface area contributed by atoms with E-state index in [4.69, 9.17) is 0 Å². The fourth-order valence-corrected chi connectivity index (χ4v) is 3.31. The van der Waals surface area contributed by atoms with Crippen LogP contribution in [0.2, 0.25) is 0 Å². The van der Waals surface area contributed by atoms with E-state index in [2.05, 4.69) is 21.3 Å². The van der Waals surface area contributed by atoms with Crippen LogP contribution in [0.3, 0.4) is 0 Å². The Bertz CT molecular complexity index is 897. The molecule has 2 rings (SSSR count). The quantitative estimate of drug-likeness (QED) is 0.367. The summed E-state index contributed by atoms with van der Waals surface area (Å²) in [6.45, 7) is 0. The Morgan fingerprint density at radius 1 is 0.606 bits per heavy atom. The molecule has 2 aromatic carbocycles. The van der Waals surface area contributed by atoms with Crippen molar-refractivity contribution in [2.45, 2.75) is 44.9 Å². The third kappa shape index (κ3) is 9.14. The summed E-state index contributed by atoms with van der Waals surface area (Å²) in [6, 6.07) is 13.7. The van der Waals surface area contributed by atoms with Crippen molar-refractivity contribution in [3.05, 3.63) is 59.7 Å². The SMILES string of the molecule is CNC(=O)c1cccc(NC(=O)CCCCCCCC(=O)Nc2cccc(C(=O)NC)c2)c1. The van der Waals surface area contributed by atoms with Crippen molar-refractivity contribution < 1.29 is 19.2 Å². The molecule has 0 saturated carbocycles. The predicted octanol–water partition coefficient (Wildman–Crippen LogP) is 3.71. The summed E-state index contributed by atoms with van der Waals surface area (Å²) in [5.41, 5.74) is 2.21. The van der Waals surface area contributed by atoms with E-state index in [-0.39, 0.29) is 23.6 Å². The van der Waals surface area contributed by atoms with Crippen LogP contribution in [-0.2, 0) is 9.59 Å². The van der Waals surface area contributed by atoms with Gasteiger partial charge in [0.2, 0.25) is 11.8 Å². The number of nitrogens with one attached hydrogen (secondary N) is 4. The smallest absolute Gasteiger partial charge is 0.251 e. The molecular formula is C25H32N4O4. The molecule has 0 saturated heterocycles. The van der Waals surface area contributed by atoms with Gasteiger partial charge in [-0.15, -0.1) is 0 Å². The fraction of sp³-hybridized carbons (Fsp3) is 0.360. The topological polar surface area (TPSA) is 116 Å². The number of carbonyl (C=O) groups excluding carboxylic acids is 4. The van der Waals surface area contributed by atoms with Crippen molar-refractivity contribution in [2.24, 2.45) is 0 Å². The predicted molar refractivity (Wildman–Crippen MR) is 129 cm³/mol. The first-order chi connectivity index (χ1) is 15.9. The molecule has 0 aliphatic rings. The summed E-state index contributed by atoms with van der Waals surface area (Å²) >= 11 is 0. The Kier molecular flexibility index (Phi) is 10.6. The monoisotopic (exact) mass is 452 g/mol. The maximum Gasteiger partial charge on any atom is 0.251 e. The van der Waals surface area contributed by atoms with Gasteiger partial charge in [-0.05, 0) is 49.2 Å². The molecule has 33 heavy (non-hydrogen) atoms. The van der Waals surface area contributed by atoms with E-state index in [9.17, 15) is 19.2 Å². The van der Waals surface area contributed by atoms with Gasteiger partial charge in [-0.2, -0.15) is 0 Å². The van der Waals surface area contributed by atoms with E-state index in [1.54, 1.807) is 62.6 Å². The Morgan fingerprint density at radius 3 is 1.39 bits per heavy atom. The van der Waals surface area contributed by atoms with Crippen LogP contribution in [0.25, 0.3) is 0 Å². The molecule has 0 atom stereocenters. The number of anilines is 2. The van der Waals surface area contributed by atoms with Gasteiger partial charge in [0.25, 0.3) is 11.8 Å². The van der Waals surface area contributed by atoms with Crippen LogP contribution in [0.1, 0.15) is 65.7 Å². The van der Waals surface area contributed by atoms with Gasteiger partial charge in [0, 0.05) is 49.4 Å². The van der Waals surface area contributed by atoms with Crippen LogP contribution >= 0.6 is 0 Å². The average molecular weight is 453 g/mol. The van der Waals surface area contributed by atoms with Crippen LogP contribution in [-0.4, -0.2) is 37.7 Å². The molecule has 0 fully saturated rings. The van der Waals surface area contributed by atoms with E-state index in [1.807, 2.05) is 0 Å². The highest BCUT2D eigenvalue weighted by atomic mass is 16.2. The Balaban J connectivity index is 1.59. The van der Waals surface area contributed by atoms with Crippen molar-refractivity contribution in [3.8, 4) is 0 Å². The number of hydrogen-bond donors (Lipinski definition) is 4. The zero-order valence-corrected chi connectivity index (χ0v) is 19.2. The molecule has 4 amide bonds. The first-order valence-electron chi connectivity index (χ1n) is 11.2. The lowest BCUT2D eigenvalue weighted by atomic mass is 10.1. The number of benzene rings is 2. The van der Waals surface area contributed by atoms with Gasteiger partial charge < -0.3 is 21.3 Å². The van der Waals surface area contributed by atoms with E-state index in [1.165, 1.54) is 0 Å². The first-order valence-corrected chi connectivity index (χ1v) is 11.2. The summed E-state index contributed by atoms with van der Waals surface area (Å²) in [6.07, 6.45) is 5.10. The highest BCUT2D eigenvalue weighted by Crippen LogP contribution is 2.14. The van der Waals surface area contributed by atoms with Gasteiger partial charge in [0.15, 0.2) is 0 Å². The van der Waals surface area contributed by atoms with Crippen molar-refractivity contribution in [1.82, 2.24) is 10.6 Å². The van der Waals surface area contributed by atoms with Crippen molar-refractivity contribution in [3.63, 3.8) is 0 Å². The summed E-state index contributed by atoms with van der Waals surface area (Å²) in [5.74, 6) is -0.556. The van der Waals surface area contributed by atoms with Crippen LogP contribution in [0.4, 0.5) is 11.4 Å². The second kappa shape index (κ2) is 13.7. The van der Waals surface area contributed by atoms with Gasteiger partial charge in [0.05, 0.1) is 0 Å². The summed E-state index contributed by atoms with van der Waals surface area (Å²) in [5, 5.41) is 10.8. The molecule has 0 aliphatic carbocycles. The molecule has 0 heterocycles. The molecule has 0 spiro atoms. The Hall–Kier alpha value is -3.68. The van der Waals surface area contributed by atoms with Crippen LogP contribution in [0.5, 0.6) is 0 Å². The number of hydrogen-bond acceptors (Lipinski definition) is 4. The third-order valence-corrected chi connectivity index (χ3v) is 5.08. The average Bonchev–Trinajstić information content (AvgIpc) is 2.82. The number of amides is 4. The number of unbranched alkanes of at least 4 members (excludes halogenated alkanes) is 4. The third-order valence-electron chi connectivity index (χ3n) is 5.08. The highest BCUT2D eigenvalue weighted by molar-refractivity contribution is 5.97.